The van der Waals surface area contributed by atoms with Crippen LogP contribution >= 0.6 is 0 Å². The van der Waals surface area contributed by atoms with Gasteiger partial charge in [-0.25, -0.2) is 0 Å². The van der Waals surface area contributed by atoms with Crippen molar-refractivity contribution in [1.29, 1.82) is 0 Å². The molecule has 1 aliphatic rings. The van der Waals surface area contributed by atoms with Crippen LogP contribution in [0.2, 0.25) is 0 Å². The van der Waals surface area contributed by atoms with Gasteiger partial charge in [0, 0.05) is 5.92 Å². The van der Waals surface area contributed by atoms with Gasteiger partial charge in [-0.15, -0.1) is 6.58 Å². The predicted octanol–water partition coefficient (Wildman–Crippen LogP) is 5.99. The average Bonchev–Trinajstić information content (AvgIpc) is 2.74. The largest absolute Gasteiger partial charge is 0.490 e. The van der Waals surface area contributed by atoms with Gasteiger partial charge in [0.1, 0.15) is 6.61 Å². The molecule has 2 atom stereocenters. The minimum atomic E-state index is -1.03. The van der Waals surface area contributed by atoms with Crippen molar-refractivity contribution in [2.75, 3.05) is 13.2 Å². The van der Waals surface area contributed by atoms with Crippen LogP contribution in [0.1, 0.15) is 43.4 Å². The van der Waals surface area contributed by atoms with E-state index in [4.69, 9.17) is 14.2 Å². The van der Waals surface area contributed by atoms with Gasteiger partial charge >= 0.3 is 0 Å². The third-order valence-electron chi connectivity index (χ3n) is 4.86. The second-order valence-corrected chi connectivity index (χ2v) is 6.96. The fourth-order valence-electron chi connectivity index (χ4n) is 3.16. The van der Waals surface area contributed by atoms with Gasteiger partial charge in [0.2, 0.25) is 11.6 Å². The molecular weight excluding hydrogens is 362 g/mol. The highest BCUT2D eigenvalue weighted by Gasteiger charge is 2.21. The monoisotopic (exact) mass is 388 g/mol. The highest BCUT2D eigenvalue weighted by atomic mass is 19.2. The van der Waals surface area contributed by atoms with Crippen LogP contribution < -0.4 is 9.47 Å². The first kappa shape index (κ1) is 20.3. The number of rotatable bonds is 8. The highest BCUT2D eigenvalue weighted by Crippen LogP contribution is 2.31. The molecule has 5 heteroatoms. The smallest absolute Gasteiger partial charge is 0.204 e. The lowest BCUT2D eigenvalue weighted by atomic mass is 9.94. The maximum atomic E-state index is 14.2. The van der Waals surface area contributed by atoms with E-state index < -0.39 is 11.6 Å². The molecule has 0 amide bonds. The molecule has 1 aliphatic heterocycles. The van der Waals surface area contributed by atoms with E-state index in [9.17, 15) is 8.78 Å². The molecule has 3 nitrogen and oxygen atoms in total. The van der Waals surface area contributed by atoms with E-state index in [1.165, 1.54) is 12.1 Å². The summed E-state index contributed by atoms with van der Waals surface area (Å²) in [6.45, 7) is 6.90. The fourth-order valence-corrected chi connectivity index (χ4v) is 3.16. The number of ether oxygens (including phenoxy) is 3. The minimum Gasteiger partial charge on any atom is -0.490 e. The highest BCUT2D eigenvalue weighted by molar-refractivity contribution is 5.35. The van der Waals surface area contributed by atoms with E-state index in [1.807, 2.05) is 37.3 Å². The van der Waals surface area contributed by atoms with Gasteiger partial charge < -0.3 is 14.2 Å². The standard InChI is InChI=1S/C23H26F2O3/c1-3-13-26-20-11-12-21(23(25)22(20)24)28-15-17-5-8-18(9-6-17)19-10-7-16(4-2)14-27-19/h4-6,8-9,11-12,16,19H,2-3,7,10,13-15H2,1H3. The van der Waals surface area contributed by atoms with E-state index in [2.05, 4.69) is 6.58 Å². The Morgan fingerprint density at radius 1 is 1.04 bits per heavy atom. The molecule has 0 aliphatic carbocycles. The van der Waals surface area contributed by atoms with E-state index >= 15 is 0 Å². The molecule has 1 saturated heterocycles. The van der Waals surface area contributed by atoms with Crippen molar-refractivity contribution in [1.82, 2.24) is 0 Å². The summed E-state index contributed by atoms with van der Waals surface area (Å²) >= 11 is 0. The van der Waals surface area contributed by atoms with Crippen LogP contribution in [0.5, 0.6) is 11.5 Å². The lowest BCUT2D eigenvalue weighted by Gasteiger charge is -2.27. The van der Waals surface area contributed by atoms with E-state index in [1.54, 1.807) is 0 Å². The summed E-state index contributed by atoms with van der Waals surface area (Å²) in [5.41, 5.74) is 1.98. The molecule has 1 fully saturated rings. The van der Waals surface area contributed by atoms with Crippen molar-refractivity contribution in [2.24, 2.45) is 5.92 Å². The van der Waals surface area contributed by atoms with Gasteiger partial charge in [0.25, 0.3) is 0 Å². The van der Waals surface area contributed by atoms with Crippen LogP contribution in [0.15, 0.2) is 49.1 Å². The van der Waals surface area contributed by atoms with E-state index in [0.29, 0.717) is 19.1 Å². The van der Waals surface area contributed by atoms with Gasteiger partial charge in [-0.3, -0.25) is 0 Å². The van der Waals surface area contributed by atoms with Gasteiger partial charge in [0.15, 0.2) is 11.5 Å². The third-order valence-corrected chi connectivity index (χ3v) is 4.86. The van der Waals surface area contributed by atoms with Gasteiger partial charge in [-0.2, -0.15) is 8.78 Å². The Morgan fingerprint density at radius 2 is 1.71 bits per heavy atom. The number of hydrogen-bond acceptors (Lipinski definition) is 3. The summed E-state index contributed by atoms with van der Waals surface area (Å²) in [5, 5.41) is 0. The van der Waals surface area contributed by atoms with Crippen LogP contribution in [0, 0.1) is 17.6 Å². The zero-order chi connectivity index (χ0) is 19.9. The second kappa shape index (κ2) is 9.69. The molecule has 0 saturated carbocycles. The summed E-state index contributed by atoms with van der Waals surface area (Å²) in [5.74, 6) is -1.84. The Hall–Kier alpha value is -2.40. The zero-order valence-corrected chi connectivity index (χ0v) is 16.1. The lowest BCUT2D eigenvalue weighted by Crippen LogP contribution is -2.19. The Balaban J connectivity index is 1.58. The molecule has 1 heterocycles. The Labute approximate surface area is 164 Å². The molecular formula is C23H26F2O3. The molecule has 2 aromatic carbocycles. The van der Waals surface area contributed by atoms with Crippen molar-refractivity contribution in [3.63, 3.8) is 0 Å². The third kappa shape index (κ3) is 4.90. The normalized spacial score (nSPS) is 19.2. The molecule has 28 heavy (non-hydrogen) atoms. The van der Waals surface area contributed by atoms with Crippen LogP contribution in [-0.2, 0) is 11.3 Å². The van der Waals surface area contributed by atoms with E-state index in [0.717, 1.165) is 30.4 Å². The Morgan fingerprint density at radius 3 is 2.29 bits per heavy atom. The lowest BCUT2D eigenvalue weighted by molar-refractivity contribution is -0.00515. The van der Waals surface area contributed by atoms with Crippen molar-refractivity contribution in [3.05, 3.63) is 71.8 Å². The summed E-state index contributed by atoms with van der Waals surface area (Å²) in [4.78, 5) is 0. The second-order valence-electron chi connectivity index (χ2n) is 6.96. The molecule has 0 N–H and O–H groups in total. The van der Waals surface area contributed by atoms with Crippen molar-refractivity contribution >= 4 is 0 Å². The molecule has 0 bridgehead atoms. The topological polar surface area (TPSA) is 27.7 Å². The molecule has 2 unspecified atom stereocenters. The van der Waals surface area contributed by atoms with Crippen molar-refractivity contribution < 1.29 is 23.0 Å². The Bertz CT molecular complexity index is 781. The van der Waals surface area contributed by atoms with E-state index in [-0.39, 0.29) is 24.2 Å². The van der Waals surface area contributed by atoms with Gasteiger partial charge in [-0.05, 0) is 42.5 Å². The molecule has 0 spiro atoms. The van der Waals surface area contributed by atoms with Gasteiger partial charge in [0.05, 0.1) is 19.3 Å². The molecule has 0 aromatic heterocycles. The number of hydrogen-bond donors (Lipinski definition) is 0. The first-order chi connectivity index (χ1) is 13.6. The minimum absolute atomic E-state index is 0.0911. The number of halogens is 2. The summed E-state index contributed by atoms with van der Waals surface area (Å²) < 4.78 is 44.7. The molecule has 0 radical (unpaired) electrons. The summed E-state index contributed by atoms with van der Waals surface area (Å²) in [6, 6.07) is 10.6. The first-order valence-corrected chi connectivity index (χ1v) is 9.69. The van der Waals surface area contributed by atoms with Gasteiger partial charge in [-0.1, -0.05) is 37.3 Å². The zero-order valence-electron chi connectivity index (χ0n) is 16.1. The quantitative estimate of drug-likeness (QED) is 0.520. The SMILES string of the molecule is C=CC1CCC(c2ccc(COc3ccc(OCCC)c(F)c3F)cc2)OC1. The number of benzene rings is 2. The first-order valence-electron chi connectivity index (χ1n) is 9.69. The van der Waals surface area contributed by atoms with Crippen LogP contribution in [0.4, 0.5) is 8.78 Å². The van der Waals surface area contributed by atoms with Crippen LogP contribution in [-0.4, -0.2) is 13.2 Å². The fraction of sp³-hybridized carbons (Fsp3) is 0.391. The average molecular weight is 388 g/mol. The van der Waals surface area contributed by atoms with Crippen LogP contribution in [0.3, 0.4) is 0 Å². The maximum absolute atomic E-state index is 14.2. The predicted molar refractivity (Wildman–Crippen MR) is 105 cm³/mol. The van der Waals surface area contributed by atoms with Crippen LogP contribution in [0.25, 0.3) is 0 Å². The Kier molecular flexibility index (Phi) is 7.04. The summed E-state index contributed by atoms with van der Waals surface area (Å²) in [6.07, 6.45) is 4.79. The molecule has 3 rings (SSSR count). The summed E-state index contributed by atoms with van der Waals surface area (Å²) in [7, 11) is 0. The van der Waals surface area contributed by atoms with Crippen molar-refractivity contribution in [2.45, 2.75) is 38.9 Å². The maximum Gasteiger partial charge on any atom is 0.204 e. The molecule has 150 valence electrons. The van der Waals surface area contributed by atoms with Crippen molar-refractivity contribution in [3.8, 4) is 11.5 Å². The molecule has 2 aromatic rings.